The number of rotatable bonds is 5. The second-order valence-electron chi connectivity index (χ2n) is 2.59. The van der Waals surface area contributed by atoms with Crippen LogP contribution in [0.15, 0.2) is 6.20 Å². The third-order valence-corrected chi connectivity index (χ3v) is 1.45. The van der Waals surface area contributed by atoms with Crippen LogP contribution in [0.5, 0.6) is 0 Å². The lowest BCUT2D eigenvalue weighted by molar-refractivity contribution is -0.137. The van der Waals surface area contributed by atoms with E-state index in [0.717, 1.165) is 0 Å². The van der Waals surface area contributed by atoms with Crippen LogP contribution in [0.2, 0.25) is 0 Å². The first-order valence-corrected chi connectivity index (χ1v) is 3.89. The van der Waals surface area contributed by atoms with Crippen LogP contribution >= 0.6 is 0 Å². The van der Waals surface area contributed by atoms with E-state index in [0.29, 0.717) is 18.5 Å². The topological polar surface area (TPSA) is 68.0 Å². The van der Waals surface area contributed by atoms with Crippen LogP contribution in [0, 0.1) is 0 Å². The standard InChI is InChI=1S/C7H10FN3O2/c8-3-1-2-6-4-11(10-9-6)5-7(12)13/h4H,1-3,5H2,(H,12,13). The Morgan fingerprint density at radius 3 is 3.08 bits per heavy atom. The third-order valence-electron chi connectivity index (χ3n) is 1.45. The molecule has 0 radical (unpaired) electrons. The molecule has 0 aliphatic carbocycles. The molecule has 5 nitrogen and oxygen atoms in total. The lowest BCUT2D eigenvalue weighted by atomic mass is 10.3. The molecule has 0 unspecified atom stereocenters. The Kier molecular flexibility index (Phi) is 3.36. The van der Waals surface area contributed by atoms with Gasteiger partial charge in [0.15, 0.2) is 0 Å². The first-order chi connectivity index (χ1) is 6.22. The van der Waals surface area contributed by atoms with E-state index >= 15 is 0 Å². The lowest BCUT2D eigenvalue weighted by Gasteiger charge is -1.91. The van der Waals surface area contributed by atoms with Crippen molar-refractivity contribution >= 4 is 5.97 Å². The number of carboxylic acids is 1. The molecule has 6 heteroatoms. The summed E-state index contributed by atoms with van der Waals surface area (Å²) in [5.41, 5.74) is 0.624. The quantitative estimate of drug-likeness (QED) is 0.718. The van der Waals surface area contributed by atoms with E-state index < -0.39 is 12.6 Å². The minimum Gasteiger partial charge on any atom is -0.480 e. The zero-order valence-electron chi connectivity index (χ0n) is 6.98. The molecule has 1 aromatic heterocycles. The molecule has 1 rings (SSSR count). The van der Waals surface area contributed by atoms with Crippen molar-refractivity contribution in [2.45, 2.75) is 19.4 Å². The van der Waals surface area contributed by atoms with Crippen molar-refractivity contribution in [3.05, 3.63) is 11.9 Å². The predicted molar refractivity (Wildman–Crippen MR) is 42.0 cm³/mol. The number of carboxylic acid groups (broad SMARTS) is 1. The first kappa shape index (κ1) is 9.63. The van der Waals surface area contributed by atoms with Gasteiger partial charge < -0.3 is 5.11 Å². The van der Waals surface area contributed by atoms with Gasteiger partial charge in [-0.1, -0.05) is 5.21 Å². The zero-order chi connectivity index (χ0) is 9.68. The number of halogens is 1. The highest BCUT2D eigenvalue weighted by Gasteiger charge is 2.03. The number of nitrogens with zero attached hydrogens (tertiary/aromatic N) is 3. The second kappa shape index (κ2) is 4.54. The summed E-state index contributed by atoms with van der Waals surface area (Å²) in [7, 11) is 0. The Hall–Kier alpha value is -1.46. The molecule has 1 aromatic rings. The Morgan fingerprint density at radius 2 is 2.46 bits per heavy atom. The van der Waals surface area contributed by atoms with Gasteiger partial charge in [-0.05, 0) is 12.8 Å². The fraction of sp³-hybridized carbons (Fsp3) is 0.571. The van der Waals surface area contributed by atoms with E-state index in [-0.39, 0.29) is 6.54 Å². The van der Waals surface area contributed by atoms with Crippen molar-refractivity contribution in [3.63, 3.8) is 0 Å². The molecule has 13 heavy (non-hydrogen) atoms. The van der Waals surface area contributed by atoms with Gasteiger partial charge in [-0.3, -0.25) is 9.18 Å². The Balaban J connectivity index is 2.48. The summed E-state index contributed by atoms with van der Waals surface area (Å²) in [6.45, 7) is -0.603. The van der Waals surface area contributed by atoms with Crippen LogP contribution in [0.1, 0.15) is 12.1 Å². The van der Waals surface area contributed by atoms with Crippen LogP contribution < -0.4 is 0 Å². The average molecular weight is 187 g/mol. The summed E-state index contributed by atoms with van der Waals surface area (Å²) in [6.07, 6.45) is 2.41. The fourth-order valence-electron chi connectivity index (χ4n) is 0.917. The van der Waals surface area contributed by atoms with Gasteiger partial charge in [-0.15, -0.1) is 5.10 Å². The van der Waals surface area contributed by atoms with Gasteiger partial charge in [0.25, 0.3) is 0 Å². The summed E-state index contributed by atoms with van der Waals surface area (Å²) in [5.74, 6) is -0.970. The van der Waals surface area contributed by atoms with Crippen molar-refractivity contribution in [1.29, 1.82) is 0 Å². The minimum absolute atomic E-state index is 0.206. The highest BCUT2D eigenvalue weighted by Crippen LogP contribution is 1.98. The van der Waals surface area contributed by atoms with Crippen LogP contribution in [-0.2, 0) is 17.8 Å². The molecule has 0 saturated carbocycles. The smallest absolute Gasteiger partial charge is 0.325 e. The van der Waals surface area contributed by atoms with Gasteiger partial charge in [0, 0.05) is 6.20 Å². The number of aryl methyl sites for hydroxylation is 1. The van der Waals surface area contributed by atoms with Gasteiger partial charge >= 0.3 is 5.97 Å². The van der Waals surface area contributed by atoms with E-state index in [2.05, 4.69) is 10.3 Å². The van der Waals surface area contributed by atoms with Crippen molar-refractivity contribution < 1.29 is 14.3 Å². The molecular weight excluding hydrogens is 177 g/mol. The van der Waals surface area contributed by atoms with E-state index in [1.54, 1.807) is 0 Å². The molecule has 0 aliphatic rings. The zero-order valence-corrected chi connectivity index (χ0v) is 6.98. The SMILES string of the molecule is O=C(O)Cn1cc(CCCF)nn1. The molecule has 1 heterocycles. The van der Waals surface area contributed by atoms with Crippen molar-refractivity contribution in [3.8, 4) is 0 Å². The maximum Gasteiger partial charge on any atom is 0.325 e. The molecule has 0 fully saturated rings. The second-order valence-corrected chi connectivity index (χ2v) is 2.59. The van der Waals surface area contributed by atoms with Gasteiger partial charge in [-0.2, -0.15) is 0 Å². The Labute approximate surface area is 74.2 Å². The van der Waals surface area contributed by atoms with E-state index in [4.69, 9.17) is 5.11 Å². The minimum atomic E-state index is -0.970. The number of hydrogen-bond donors (Lipinski definition) is 1. The summed E-state index contributed by atoms with van der Waals surface area (Å²) in [6, 6.07) is 0. The predicted octanol–water partition coefficient (Wildman–Crippen LogP) is 0.265. The molecule has 72 valence electrons. The monoisotopic (exact) mass is 187 g/mol. The van der Waals surface area contributed by atoms with Crippen LogP contribution in [0.25, 0.3) is 0 Å². The molecule has 1 N–H and O–H groups in total. The summed E-state index contributed by atoms with van der Waals surface area (Å²) in [5, 5.41) is 15.7. The maximum absolute atomic E-state index is 11.7. The highest BCUT2D eigenvalue weighted by molar-refractivity contribution is 5.66. The van der Waals surface area contributed by atoms with Crippen LogP contribution in [0.4, 0.5) is 4.39 Å². The molecule has 0 aliphatic heterocycles. The lowest BCUT2D eigenvalue weighted by Crippen LogP contribution is -2.08. The van der Waals surface area contributed by atoms with Crippen LogP contribution in [0.3, 0.4) is 0 Å². The molecule has 0 bridgehead atoms. The summed E-state index contributed by atoms with van der Waals surface area (Å²) < 4.78 is 13.0. The largest absolute Gasteiger partial charge is 0.480 e. The molecular formula is C7H10FN3O2. The van der Waals surface area contributed by atoms with E-state index in [1.165, 1.54) is 10.9 Å². The highest BCUT2D eigenvalue weighted by atomic mass is 19.1. The van der Waals surface area contributed by atoms with Gasteiger partial charge in [0.2, 0.25) is 0 Å². The fourth-order valence-corrected chi connectivity index (χ4v) is 0.917. The van der Waals surface area contributed by atoms with Crippen LogP contribution in [-0.4, -0.2) is 32.7 Å². The summed E-state index contributed by atoms with van der Waals surface area (Å²) >= 11 is 0. The van der Waals surface area contributed by atoms with Crippen molar-refractivity contribution in [2.75, 3.05) is 6.67 Å². The summed E-state index contributed by atoms with van der Waals surface area (Å²) in [4.78, 5) is 10.2. The number of carbonyl (C=O) groups is 1. The van der Waals surface area contributed by atoms with E-state index in [9.17, 15) is 9.18 Å². The molecule has 0 amide bonds. The number of aliphatic carboxylic acids is 1. The van der Waals surface area contributed by atoms with Gasteiger partial charge in [0.1, 0.15) is 6.54 Å². The Morgan fingerprint density at radius 1 is 1.69 bits per heavy atom. The van der Waals surface area contributed by atoms with E-state index in [1.807, 2.05) is 0 Å². The number of alkyl halides is 1. The molecule has 0 aromatic carbocycles. The average Bonchev–Trinajstić information content (AvgIpc) is 2.48. The number of hydrogen-bond acceptors (Lipinski definition) is 3. The normalized spacial score (nSPS) is 10.2. The maximum atomic E-state index is 11.7. The molecule has 0 atom stereocenters. The molecule has 0 spiro atoms. The first-order valence-electron chi connectivity index (χ1n) is 3.89. The molecule has 0 saturated heterocycles. The van der Waals surface area contributed by atoms with Gasteiger partial charge in [0.05, 0.1) is 12.4 Å². The third kappa shape index (κ3) is 3.18. The van der Waals surface area contributed by atoms with Crippen molar-refractivity contribution in [2.24, 2.45) is 0 Å². The Bertz CT molecular complexity index is 287. The van der Waals surface area contributed by atoms with Gasteiger partial charge in [-0.25, -0.2) is 4.68 Å². The number of aromatic nitrogens is 3. The van der Waals surface area contributed by atoms with Crippen molar-refractivity contribution in [1.82, 2.24) is 15.0 Å².